The van der Waals surface area contributed by atoms with Crippen LogP contribution in [-0.2, 0) is 0 Å². The van der Waals surface area contributed by atoms with E-state index >= 15 is 0 Å². The van der Waals surface area contributed by atoms with E-state index in [2.05, 4.69) is 55.4 Å². The zero-order valence-corrected chi connectivity index (χ0v) is 18.0. The van der Waals surface area contributed by atoms with Crippen LogP contribution in [0.2, 0.25) is 17.7 Å². The standard InChI is InChI=1S/2C5H11.2C4H9.Sn/c2*1-5(2,3)4;2*1-3-4-2;/h2*1H2,2-4H3;2*1,3-4H2,2H3;. The number of hydrogen-bond donors (Lipinski definition) is 0. The Balaban J connectivity index is 5.06. The summed E-state index contributed by atoms with van der Waals surface area (Å²) in [5.74, 6) is 0. The molecule has 0 saturated heterocycles. The number of hydrogen-bond acceptors (Lipinski definition) is 0. The van der Waals surface area contributed by atoms with Crippen LogP contribution in [0.1, 0.15) is 81.1 Å². The van der Waals surface area contributed by atoms with Gasteiger partial charge in [-0.05, 0) is 0 Å². The predicted octanol–water partition coefficient (Wildman–Crippen LogP) is 7.13. The van der Waals surface area contributed by atoms with Gasteiger partial charge in [-0.1, -0.05) is 0 Å². The van der Waals surface area contributed by atoms with Gasteiger partial charge in [0.05, 0.1) is 0 Å². The van der Waals surface area contributed by atoms with Gasteiger partial charge >= 0.3 is 128 Å². The second kappa shape index (κ2) is 8.29. The molecule has 0 atom stereocenters. The zero-order valence-electron chi connectivity index (χ0n) is 15.2. The van der Waals surface area contributed by atoms with Crippen molar-refractivity contribution in [3.8, 4) is 0 Å². The second-order valence-corrected chi connectivity index (χ2v) is 22.6. The molecule has 0 radical (unpaired) electrons. The SMILES string of the molecule is CCC[CH2][Sn]([CH2]CCC)([CH2]C(C)(C)C)[CH2]C(C)(C)C. The van der Waals surface area contributed by atoms with Crippen molar-refractivity contribution in [2.45, 2.75) is 98.8 Å². The minimum atomic E-state index is -1.97. The molecule has 1 heteroatoms. The Labute approximate surface area is 128 Å². The van der Waals surface area contributed by atoms with Crippen LogP contribution in [0, 0.1) is 10.8 Å². The molecule has 116 valence electrons. The summed E-state index contributed by atoms with van der Waals surface area (Å²) in [6.07, 6.45) is 5.76. The Morgan fingerprint density at radius 1 is 0.632 bits per heavy atom. The Morgan fingerprint density at radius 3 is 1.16 bits per heavy atom. The van der Waals surface area contributed by atoms with E-state index in [1.165, 1.54) is 25.7 Å². The maximum atomic E-state index is 2.47. The fourth-order valence-corrected chi connectivity index (χ4v) is 26.1. The molecule has 0 aliphatic carbocycles. The molecule has 0 unspecified atom stereocenters. The molecule has 0 bridgehead atoms. The number of unbranched alkanes of at least 4 members (excludes halogenated alkanes) is 2. The summed E-state index contributed by atoms with van der Waals surface area (Å²) in [4.78, 5) is 0. The topological polar surface area (TPSA) is 0 Å². The van der Waals surface area contributed by atoms with Crippen LogP contribution in [0.4, 0.5) is 0 Å². The van der Waals surface area contributed by atoms with Crippen molar-refractivity contribution in [2.75, 3.05) is 0 Å². The molecule has 0 aliphatic rings. The van der Waals surface area contributed by atoms with Gasteiger partial charge in [-0.15, -0.1) is 0 Å². The summed E-state index contributed by atoms with van der Waals surface area (Å²) < 4.78 is 6.47. The fourth-order valence-electron chi connectivity index (χ4n) is 3.89. The van der Waals surface area contributed by atoms with Crippen molar-refractivity contribution in [1.82, 2.24) is 0 Å². The normalized spacial score (nSPS) is 13.9. The zero-order chi connectivity index (χ0) is 15.2. The minimum absolute atomic E-state index is 0.544. The molecule has 0 aromatic rings. The van der Waals surface area contributed by atoms with E-state index in [-0.39, 0.29) is 0 Å². The monoisotopic (exact) mass is 376 g/mol. The molecule has 0 rings (SSSR count). The van der Waals surface area contributed by atoms with Crippen molar-refractivity contribution < 1.29 is 0 Å². The fraction of sp³-hybridized carbons (Fsp3) is 1.00. The van der Waals surface area contributed by atoms with Crippen LogP contribution < -0.4 is 0 Å². The molecule has 0 fully saturated rings. The molecule has 0 heterocycles. The van der Waals surface area contributed by atoms with Gasteiger partial charge in [0.1, 0.15) is 0 Å². The van der Waals surface area contributed by atoms with Crippen molar-refractivity contribution in [3.63, 3.8) is 0 Å². The van der Waals surface area contributed by atoms with Crippen LogP contribution >= 0.6 is 0 Å². The van der Waals surface area contributed by atoms with Gasteiger partial charge in [-0.3, -0.25) is 0 Å². The predicted molar refractivity (Wildman–Crippen MR) is 93.7 cm³/mol. The van der Waals surface area contributed by atoms with Gasteiger partial charge in [0.2, 0.25) is 0 Å². The van der Waals surface area contributed by atoms with E-state index in [9.17, 15) is 0 Å². The Bertz CT molecular complexity index is 203. The van der Waals surface area contributed by atoms with Crippen LogP contribution in [0.25, 0.3) is 0 Å². The first-order valence-corrected chi connectivity index (χ1v) is 16.6. The Kier molecular flexibility index (Phi) is 8.64. The molecule has 0 nitrogen and oxygen atoms in total. The average Bonchev–Trinajstić information content (AvgIpc) is 2.19. The van der Waals surface area contributed by atoms with E-state index in [0.717, 1.165) is 0 Å². The van der Waals surface area contributed by atoms with Crippen LogP contribution in [0.15, 0.2) is 0 Å². The van der Waals surface area contributed by atoms with Crippen molar-refractivity contribution in [3.05, 3.63) is 0 Å². The average molecular weight is 375 g/mol. The summed E-state index contributed by atoms with van der Waals surface area (Å²) in [5, 5.41) is 0. The van der Waals surface area contributed by atoms with E-state index < -0.39 is 18.4 Å². The van der Waals surface area contributed by atoms with E-state index in [4.69, 9.17) is 0 Å². The van der Waals surface area contributed by atoms with Crippen molar-refractivity contribution >= 4 is 18.4 Å². The molecule has 0 spiro atoms. The first-order valence-electron chi connectivity index (χ1n) is 8.54. The molecule has 0 aromatic heterocycles. The van der Waals surface area contributed by atoms with E-state index in [1.807, 2.05) is 0 Å². The summed E-state index contributed by atoms with van der Waals surface area (Å²) in [7, 11) is 0. The Hall–Kier alpha value is 0.799. The summed E-state index contributed by atoms with van der Waals surface area (Å²) in [5.41, 5.74) is 1.09. The molecular formula is C18H40Sn. The first kappa shape index (κ1) is 19.8. The first-order chi connectivity index (χ1) is 8.54. The molecule has 0 aromatic carbocycles. The molecule has 0 amide bonds. The van der Waals surface area contributed by atoms with Crippen molar-refractivity contribution in [1.29, 1.82) is 0 Å². The third-order valence-electron chi connectivity index (χ3n) is 3.93. The third-order valence-corrected chi connectivity index (χ3v) is 22.3. The number of rotatable bonds is 8. The van der Waals surface area contributed by atoms with Gasteiger partial charge in [-0.25, -0.2) is 0 Å². The van der Waals surface area contributed by atoms with Gasteiger partial charge in [0, 0.05) is 0 Å². The summed E-state index contributed by atoms with van der Waals surface area (Å²) >= 11 is -1.97. The quantitative estimate of drug-likeness (QED) is 0.396. The van der Waals surface area contributed by atoms with Crippen LogP contribution in [-0.4, -0.2) is 18.4 Å². The Morgan fingerprint density at radius 2 is 0.947 bits per heavy atom. The van der Waals surface area contributed by atoms with Crippen LogP contribution in [0.3, 0.4) is 0 Å². The summed E-state index contributed by atoms with van der Waals surface area (Å²) in [6.45, 7) is 19.6. The second-order valence-electron chi connectivity index (χ2n) is 9.18. The van der Waals surface area contributed by atoms with E-state index in [1.54, 1.807) is 17.7 Å². The van der Waals surface area contributed by atoms with Gasteiger partial charge in [-0.2, -0.15) is 0 Å². The van der Waals surface area contributed by atoms with Gasteiger partial charge in [0.25, 0.3) is 0 Å². The van der Waals surface area contributed by atoms with Crippen LogP contribution in [0.5, 0.6) is 0 Å². The molecule has 0 aliphatic heterocycles. The summed E-state index contributed by atoms with van der Waals surface area (Å²) in [6, 6.07) is 0. The maximum absolute atomic E-state index is 2.47. The van der Waals surface area contributed by atoms with Crippen molar-refractivity contribution in [2.24, 2.45) is 10.8 Å². The molecular weight excluding hydrogens is 335 g/mol. The molecule has 0 saturated carbocycles. The third kappa shape index (κ3) is 10.2. The van der Waals surface area contributed by atoms with Gasteiger partial charge in [0.15, 0.2) is 0 Å². The molecule has 19 heavy (non-hydrogen) atoms. The van der Waals surface area contributed by atoms with E-state index in [0.29, 0.717) is 10.8 Å². The van der Waals surface area contributed by atoms with Gasteiger partial charge < -0.3 is 0 Å². The molecule has 0 N–H and O–H groups in total.